The molecule has 0 aliphatic heterocycles. The Hall–Kier alpha value is -2.37. The van der Waals surface area contributed by atoms with Crippen molar-refractivity contribution in [2.75, 3.05) is 28.2 Å². The van der Waals surface area contributed by atoms with Gasteiger partial charge in [-0.2, -0.15) is 0 Å². The Kier molecular flexibility index (Phi) is 11.0. The summed E-state index contributed by atoms with van der Waals surface area (Å²) in [6.07, 6.45) is 0. The summed E-state index contributed by atoms with van der Waals surface area (Å²) in [6.45, 7) is 1.93. The minimum atomic E-state index is -0.545. The van der Waals surface area contributed by atoms with Crippen LogP contribution in [0.4, 0.5) is 0 Å². The van der Waals surface area contributed by atoms with Crippen LogP contribution in [0, 0.1) is 0 Å². The highest BCUT2D eigenvalue weighted by Crippen LogP contribution is 2.16. The number of benzene rings is 2. The van der Waals surface area contributed by atoms with Crippen molar-refractivity contribution in [3.63, 3.8) is 0 Å². The molecule has 148 valence electrons. The molecule has 0 unspecified atom stereocenters. The summed E-state index contributed by atoms with van der Waals surface area (Å²) in [5, 5.41) is 0. The Balaban J connectivity index is 0.000000483. The van der Waals surface area contributed by atoms with Crippen LogP contribution in [0.3, 0.4) is 0 Å². The molecule has 0 fully saturated rings. The molecule has 2 rings (SSSR count). The van der Waals surface area contributed by atoms with Gasteiger partial charge in [-0.05, 0) is 18.1 Å². The molecule has 2 atom stereocenters. The second-order valence-electron chi connectivity index (χ2n) is 6.49. The molecular weight excluding hydrogens is 362 g/mol. The third-order valence-corrected chi connectivity index (χ3v) is 3.98. The van der Waals surface area contributed by atoms with Crippen LogP contribution in [0.5, 0.6) is 0 Å². The fraction of sp³-hybridized carbons (Fsp3) is 0.333. The van der Waals surface area contributed by atoms with E-state index < -0.39 is 6.04 Å². The summed E-state index contributed by atoms with van der Waals surface area (Å²) in [6, 6.07) is 18.6. The number of hydrogen-bond acceptors (Lipinski definition) is 3. The summed E-state index contributed by atoms with van der Waals surface area (Å²) < 4.78 is 0. The standard InChI is InChI=1S/C11H15NO.C10H14N2O.ClH/c1-9(11(13)12(2)3)10-7-5-4-6-8-10;1-12(2)10(13)9(11)8-6-4-3-5-7-8;/h4-9H,1-3H3;3-7,9H,11H2,1-2H3;1H/t2*9-;/m00./s1. The number of amides is 2. The second kappa shape index (κ2) is 12.1. The molecule has 0 saturated heterocycles. The monoisotopic (exact) mass is 391 g/mol. The van der Waals surface area contributed by atoms with Gasteiger partial charge in [0.2, 0.25) is 11.8 Å². The maximum atomic E-state index is 11.6. The van der Waals surface area contributed by atoms with Crippen LogP contribution in [0.15, 0.2) is 60.7 Å². The smallest absolute Gasteiger partial charge is 0.243 e. The number of rotatable bonds is 4. The van der Waals surface area contributed by atoms with Crippen molar-refractivity contribution < 1.29 is 9.59 Å². The first-order chi connectivity index (χ1) is 12.3. The summed E-state index contributed by atoms with van der Waals surface area (Å²) in [4.78, 5) is 26.1. The van der Waals surface area contributed by atoms with Gasteiger partial charge in [-0.15, -0.1) is 12.4 Å². The average molecular weight is 392 g/mol. The maximum Gasteiger partial charge on any atom is 0.243 e. The van der Waals surface area contributed by atoms with E-state index >= 15 is 0 Å². The highest BCUT2D eigenvalue weighted by Gasteiger charge is 2.17. The van der Waals surface area contributed by atoms with Crippen molar-refractivity contribution in [2.45, 2.75) is 18.9 Å². The Bertz CT molecular complexity index is 630. The number of halogens is 1. The summed E-state index contributed by atoms with van der Waals surface area (Å²) >= 11 is 0. The predicted octanol–water partition coefficient (Wildman–Crippen LogP) is 3.07. The predicted molar refractivity (Wildman–Crippen MR) is 113 cm³/mol. The first-order valence-electron chi connectivity index (χ1n) is 8.53. The van der Waals surface area contributed by atoms with Crippen molar-refractivity contribution in [1.29, 1.82) is 0 Å². The van der Waals surface area contributed by atoms with Crippen molar-refractivity contribution in [3.8, 4) is 0 Å². The molecule has 2 amide bonds. The minimum absolute atomic E-state index is 0. The number of carbonyl (C=O) groups is 2. The molecular formula is C21H30ClN3O2. The molecule has 2 N–H and O–H groups in total. The molecule has 0 aliphatic rings. The fourth-order valence-electron chi connectivity index (χ4n) is 2.35. The molecule has 0 heterocycles. The lowest BCUT2D eigenvalue weighted by molar-refractivity contribution is -0.130. The van der Waals surface area contributed by atoms with Crippen molar-refractivity contribution in [2.24, 2.45) is 5.73 Å². The average Bonchev–Trinajstić information content (AvgIpc) is 2.67. The van der Waals surface area contributed by atoms with E-state index in [1.54, 1.807) is 33.1 Å². The van der Waals surface area contributed by atoms with Crippen LogP contribution >= 0.6 is 12.4 Å². The first kappa shape index (κ1) is 24.6. The molecule has 0 spiro atoms. The summed E-state index contributed by atoms with van der Waals surface area (Å²) in [7, 11) is 6.96. The molecule has 0 aliphatic carbocycles. The van der Waals surface area contributed by atoms with E-state index in [1.165, 1.54) is 4.90 Å². The topological polar surface area (TPSA) is 66.6 Å². The summed E-state index contributed by atoms with van der Waals surface area (Å²) in [5.41, 5.74) is 7.67. The van der Waals surface area contributed by atoms with Gasteiger partial charge in [-0.1, -0.05) is 60.7 Å². The van der Waals surface area contributed by atoms with Gasteiger partial charge < -0.3 is 15.5 Å². The van der Waals surface area contributed by atoms with Crippen LogP contribution in [-0.4, -0.2) is 49.8 Å². The molecule has 6 heteroatoms. The largest absolute Gasteiger partial charge is 0.348 e. The molecule has 2 aromatic carbocycles. The van der Waals surface area contributed by atoms with Gasteiger partial charge in [0.05, 0.1) is 5.92 Å². The van der Waals surface area contributed by atoms with Crippen molar-refractivity contribution in [3.05, 3.63) is 71.8 Å². The zero-order valence-electron chi connectivity index (χ0n) is 16.6. The number of nitrogens with zero attached hydrogens (tertiary/aromatic N) is 2. The van der Waals surface area contributed by atoms with Gasteiger partial charge in [0.25, 0.3) is 0 Å². The van der Waals surface area contributed by atoms with E-state index in [1.807, 2.05) is 67.6 Å². The SMILES string of the molecule is CN(C)C(=O)[C@@H](N)c1ccccc1.C[C@H](C(=O)N(C)C)c1ccccc1.Cl. The van der Waals surface area contributed by atoms with E-state index in [9.17, 15) is 9.59 Å². The Morgan fingerprint density at radius 1 is 0.741 bits per heavy atom. The highest BCUT2D eigenvalue weighted by atomic mass is 35.5. The van der Waals surface area contributed by atoms with Gasteiger partial charge in [-0.3, -0.25) is 9.59 Å². The number of hydrogen-bond donors (Lipinski definition) is 1. The first-order valence-corrected chi connectivity index (χ1v) is 8.53. The quantitative estimate of drug-likeness (QED) is 0.870. The van der Waals surface area contributed by atoms with E-state index in [0.717, 1.165) is 11.1 Å². The molecule has 5 nitrogen and oxygen atoms in total. The number of carbonyl (C=O) groups excluding carboxylic acids is 2. The van der Waals surface area contributed by atoms with Gasteiger partial charge in [-0.25, -0.2) is 0 Å². The third-order valence-electron chi connectivity index (χ3n) is 3.98. The van der Waals surface area contributed by atoms with Crippen molar-refractivity contribution >= 4 is 24.2 Å². The van der Waals surface area contributed by atoms with E-state index in [-0.39, 0.29) is 30.1 Å². The lowest BCUT2D eigenvalue weighted by Crippen LogP contribution is -2.33. The Morgan fingerprint density at radius 2 is 1.11 bits per heavy atom. The van der Waals surface area contributed by atoms with Crippen LogP contribution in [0.2, 0.25) is 0 Å². The van der Waals surface area contributed by atoms with Crippen LogP contribution in [0.1, 0.15) is 30.0 Å². The van der Waals surface area contributed by atoms with Gasteiger partial charge >= 0.3 is 0 Å². The van der Waals surface area contributed by atoms with Crippen LogP contribution < -0.4 is 5.73 Å². The molecule has 0 aromatic heterocycles. The van der Waals surface area contributed by atoms with Crippen LogP contribution in [0.25, 0.3) is 0 Å². The Labute approximate surface area is 168 Å². The van der Waals surface area contributed by atoms with Gasteiger partial charge in [0, 0.05) is 28.2 Å². The number of nitrogens with two attached hydrogens (primary N) is 1. The normalized spacial score (nSPS) is 11.8. The van der Waals surface area contributed by atoms with Crippen LogP contribution in [-0.2, 0) is 9.59 Å². The molecule has 0 radical (unpaired) electrons. The highest BCUT2D eigenvalue weighted by molar-refractivity contribution is 5.85. The third kappa shape index (κ3) is 7.81. The van der Waals surface area contributed by atoms with Crippen molar-refractivity contribution in [1.82, 2.24) is 9.80 Å². The lowest BCUT2D eigenvalue weighted by Gasteiger charge is -2.16. The Morgan fingerprint density at radius 3 is 1.48 bits per heavy atom. The van der Waals surface area contributed by atoms with Gasteiger partial charge in [0.1, 0.15) is 6.04 Å². The number of likely N-dealkylation sites (N-methyl/N-ethyl adjacent to an activating group) is 2. The maximum absolute atomic E-state index is 11.6. The zero-order chi connectivity index (χ0) is 19.7. The molecule has 0 saturated carbocycles. The molecule has 0 bridgehead atoms. The van der Waals surface area contributed by atoms with Gasteiger partial charge in [0.15, 0.2) is 0 Å². The minimum Gasteiger partial charge on any atom is -0.348 e. The van der Waals surface area contributed by atoms with E-state index in [2.05, 4.69) is 0 Å². The zero-order valence-corrected chi connectivity index (χ0v) is 17.4. The molecule has 2 aromatic rings. The fourth-order valence-corrected chi connectivity index (χ4v) is 2.35. The summed E-state index contributed by atoms with van der Waals surface area (Å²) in [5.74, 6) is 0.0219. The van der Waals surface area contributed by atoms with E-state index in [0.29, 0.717) is 0 Å². The second-order valence-corrected chi connectivity index (χ2v) is 6.49. The molecule has 27 heavy (non-hydrogen) atoms. The van der Waals surface area contributed by atoms with E-state index in [4.69, 9.17) is 5.73 Å². The lowest BCUT2D eigenvalue weighted by atomic mass is 10.0.